The van der Waals surface area contributed by atoms with Gasteiger partial charge in [-0.25, -0.2) is 4.79 Å². The molecule has 0 saturated carbocycles. The summed E-state index contributed by atoms with van der Waals surface area (Å²) in [6.45, 7) is -0.496. The lowest BCUT2D eigenvalue weighted by Crippen LogP contribution is -2.09. The van der Waals surface area contributed by atoms with Crippen molar-refractivity contribution in [1.82, 2.24) is 0 Å². The van der Waals surface area contributed by atoms with Crippen LogP contribution in [0.15, 0.2) is 42.5 Å². The van der Waals surface area contributed by atoms with Gasteiger partial charge in [-0.1, -0.05) is 18.2 Å². The Hall–Kier alpha value is -2.57. The number of carboxylic acid groups (broad SMARTS) is 1. The maximum Gasteiger partial charge on any atom is 0.341 e. The summed E-state index contributed by atoms with van der Waals surface area (Å²) >= 11 is 0. The van der Waals surface area contributed by atoms with Gasteiger partial charge in [0.25, 0.3) is 0 Å². The van der Waals surface area contributed by atoms with Gasteiger partial charge >= 0.3 is 5.97 Å². The van der Waals surface area contributed by atoms with Crippen LogP contribution in [0.5, 0.6) is 11.5 Å². The smallest absolute Gasteiger partial charge is 0.341 e. The van der Waals surface area contributed by atoms with E-state index in [2.05, 4.69) is 0 Å². The molecule has 0 saturated heterocycles. The van der Waals surface area contributed by atoms with Crippen molar-refractivity contribution in [3.8, 4) is 11.5 Å². The van der Waals surface area contributed by atoms with E-state index in [9.17, 15) is 15.0 Å². The highest BCUT2D eigenvalue weighted by Gasteiger charge is 2.10. The van der Waals surface area contributed by atoms with Crippen LogP contribution in [-0.4, -0.2) is 35.0 Å². The van der Waals surface area contributed by atoms with Gasteiger partial charge in [0.1, 0.15) is 11.5 Å². The van der Waals surface area contributed by atoms with E-state index in [4.69, 9.17) is 14.6 Å². The third-order valence-corrected chi connectivity index (χ3v) is 3.85. The fourth-order valence-electron chi connectivity index (χ4n) is 2.51. The second kappa shape index (κ2) is 9.05. The zero-order valence-corrected chi connectivity index (χ0v) is 14.0. The summed E-state index contributed by atoms with van der Waals surface area (Å²) in [5.41, 5.74) is 2.46. The predicted molar refractivity (Wildman–Crippen MR) is 91.8 cm³/mol. The lowest BCUT2D eigenvalue weighted by Gasteiger charge is -2.13. The molecule has 0 amide bonds. The molecule has 1 atom stereocenters. The summed E-state index contributed by atoms with van der Waals surface area (Å²) in [4.78, 5) is 10.5. The third kappa shape index (κ3) is 5.48. The number of aryl methyl sites for hydroxylation is 1. The van der Waals surface area contributed by atoms with Crippen LogP contribution < -0.4 is 9.47 Å². The molecule has 134 valence electrons. The zero-order chi connectivity index (χ0) is 18.2. The molecule has 0 spiro atoms. The monoisotopic (exact) mass is 346 g/mol. The van der Waals surface area contributed by atoms with E-state index in [0.29, 0.717) is 24.3 Å². The van der Waals surface area contributed by atoms with Gasteiger partial charge in [-0.05, 0) is 48.2 Å². The molecule has 2 aromatic rings. The standard InChI is InChI=1S/C19H22O6/c1-24-18-9-3-13(10-15(18)11-20)2-8-17(21)14-4-6-16(7-5-14)25-12-19(22)23/h3-7,9-10,17,20-21H,2,8,11-12H2,1H3,(H,22,23)/t17-/m1/s1. The average Bonchev–Trinajstić information content (AvgIpc) is 2.64. The van der Waals surface area contributed by atoms with Crippen LogP contribution in [0.2, 0.25) is 0 Å². The minimum Gasteiger partial charge on any atom is -0.496 e. The number of hydrogen-bond donors (Lipinski definition) is 3. The lowest BCUT2D eigenvalue weighted by molar-refractivity contribution is -0.139. The van der Waals surface area contributed by atoms with Crippen molar-refractivity contribution in [2.75, 3.05) is 13.7 Å². The van der Waals surface area contributed by atoms with Crippen molar-refractivity contribution in [3.05, 3.63) is 59.2 Å². The average molecular weight is 346 g/mol. The minimum absolute atomic E-state index is 0.0998. The van der Waals surface area contributed by atoms with E-state index in [1.54, 1.807) is 31.4 Å². The number of rotatable bonds is 9. The van der Waals surface area contributed by atoms with Crippen molar-refractivity contribution in [2.24, 2.45) is 0 Å². The van der Waals surface area contributed by atoms with Crippen molar-refractivity contribution in [2.45, 2.75) is 25.6 Å². The number of ether oxygens (including phenoxy) is 2. The molecule has 0 radical (unpaired) electrons. The molecule has 0 unspecified atom stereocenters. The SMILES string of the molecule is COc1ccc(CC[C@@H](O)c2ccc(OCC(=O)O)cc2)cc1CO. The normalized spacial score (nSPS) is 11.8. The molecule has 6 heteroatoms. The summed E-state index contributed by atoms with van der Waals surface area (Å²) < 4.78 is 10.2. The number of aliphatic hydroxyl groups excluding tert-OH is 2. The fourth-order valence-corrected chi connectivity index (χ4v) is 2.51. The Bertz CT molecular complexity index is 696. The van der Waals surface area contributed by atoms with Crippen LogP contribution in [0.1, 0.15) is 29.2 Å². The first-order chi connectivity index (χ1) is 12.0. The molecule has 0 heterocycles. The van der Waals surface area contributed by atoms with E-state index < -0.39 is 18.7 Å². The molecule has 6 nitrogen and oxygen atoms in total. The molecule has 25 heavy (non-hydrogen) atoms. The highest BCUT2D eigenvalue weighted by molar-refractivity contribution is 5.68. The minimum atomic E-state index is -1.04. The summed E-state index contributed by atoms with van der Waals surface area (Å²) in [6, 6.07) is 12.3. The molecule has 2 rings (SSSR count). The Morgan fingerprint density at radius 3 is 2.48 bits per heavy atom. The summed E-state index contributed by atoms with van der Waals surface area (Å²) in [5, 5.41) is 28.2. The van der Waals surface area contributed by atoms with Crippen LogP contribution in [0.3, 0.4) is 0 Å². The second-order valence-corrected chi connectivity index (χ2v) is 5.61. The molecule has 0 bridgehead atoms. The third-order valence-electron chi connectivity index (χ3n) is 3.85. The number of carbonyl (C=O) groups is 1. The van der Waals surface area contributed by atoms with Gasteiger partial charge in [-0.3, -0.25) is 0 Å². The molecule has 0 fully saturated rings. The Morgan fingerprint density at radius 1 is 1.16 bits per heavy atom. The predicted octanol–water partition coefficient (Wildman–Crippen LogP) is 2.32. The van der Waals surface area contributed by atoms with E-state index in [-0.39, 0.29) is 6.61 Å². The highest BCUT2D eigenvalue weighted by Crippen LogP contribution is 2.24. The van der Waals surface area contributed by atoms with Crippen LogP contribution in [0, 0.1) is 0 Å². The maximum absolute atomic E-state index is 10.5. The quantitative estimate of drug-likeness (QED) is 0.645. The van der Waals surface area contributed by atoms with Crippen molar-refractivity contribution in [1.29, 1.82) is 0 Å². The molecule has 0 aliphatic carbocycles. The number of aliphatic carboxylic acids is 1. The zero-order valence-electron chi connectivity index (χ0n) is 14.0. The molecule has 3 N–H and O–H groups in total. The lowest BCUT2D eigenvalue weighted by atomic mass is 10.00. The first-order valence-corrected chi connectivity index (χ1v) is 7.92. The van der Waals surface area contributed by atoms with Gasteiger partial charge in [0.15, 0.2) is 6.61 Å². The van der Waals surface area contributed by atoms with Gasteiger partial charge in [0.05, 0.1) is 19.8 Å². The number of aliphatic hydroxyl groups is 2. The molecule has 0 aromatic heterocycles. The van der Waals surface area contributed by atoms with Crippen molar-refractivity contribution < 1.29 is 29.6 Å². The summed E-state index contributed by atoms with van der Waals surface area (Å²) in [5.74, 6) is 0.0516. The molecular formula is C19H22O6. The van der Waals surface area contributed by atoms with Gasteiger partial charge in [0.2, 0.25) is 0 Å². The van der Waals surface area contributed by atoms with E-state index >= 15 is 0 Å². The molecular weight excluding hydrogens is 324 g/mol. The number of methoxy groups -OCH3 is 1. The van der Waals surface area contributed by atoms with Gasteiger partial charge in [-0.2, -0.15) is 0 Å². The largest absolute Gasteiger partial charge is 0.496 e. The van der Waals surface area contributed by atoms with Gasteiger partial charge in [-0.15, -0.1) is 0 Å². The molecule has 0 aliphatic heterocycles. The second-order valence-electron chi connectivity index (χ2n) is 5.61. The van der Waals surface area contributed by atoms with Gasteiger partial charge in [0, 0.05) is 5.56 Å². The first kappa shape index (κ1) is 18.8. The van der Waals surface area contributed by atoms with Crippen molar-refractivity contribution >= 4 is 5.97 Å². The number of hydrogen-bond acceptors (Lipinski definition) is 5. The fraction of sp³-hybridized carbons (Fsp3) is 0.316. The van der Waals surface area contributed by atoms with Crippen LogP contribution >= 0.6 is 0 Å². The maximum atomic E-state index is 10.5. The Labute approximate surface area is 146 Å². The summed E-state index contributed by atoms with van der Waals surface area (Å²) in [7, 11) is 1.56. The number of carboxylic acids is 1. The Kier molecular flexibility index (Phi) is 6.80. The number of benzene rings is 2. The topological polar surface area (TPSA) is 96.2 Å². The van der Waals surface area contributed by atoms with Crippen molar-refractivity contribution in [3.63, 3.8) is 0 Å². The van der Waals surface area contributed by atoms with E-state index in [1.165, 1.54) is 0 Å². The van der Waals surface area contributed by atoms with E-state index in [1.807, 2.05) is 18.2 Å². The highest BCUT2D eigenvalue weighted by atomic mass is 16.5. The Balaban J connectivity index is 1.93. The molecule has 0 aliphatic rings. The first-order valence-electron chi connectivity index (χ1n) is 7.92. The summed E-state index contributed by atoms with van der Waals surface area (Å²) in [6.07, 6.45) is 0.523. The van der Waals surface area contributed by atoms with Crippen LogP contribution in [0.4, 0.5) is 0 Å². The van der Waals surface area contributed by atoms with Crippen LogP contribution in [0.25, 0.3) is 0 Å². The van der Waals surface area contributed by atoms with E-state index in [0.717, 1.165) is 16.7 Å². The Morgan fingerprint density at radius 2 is 1.88 bits per heavy atom. The molecule has 2 aromatic carbocycles. The van der Waals surface area contributed by atoms with Crippen LogP contribution in [-0.2, 0) is 17.8 Å². The van der Waals surface area contributed by atoms with Gasteiger partial charge < -0.3 is 24.8 Å².